The van der Waals surface area contributed by atoms with E-state index >= 15 is 0 Å². The molecule has 0 bridgehead atoms. The average Bonchev–Trinajstić information content (AvgIpc) is 2.38. The van der Waals surface area contributed by atoms with Crippen molar-refractivity contribution in [3.63, 3.8) is 0 Å². The number of hydrogen-bond donors (Lipinski definition) is 1. The second-order valence-electron chi connectivity index (χ2n) is 3.37. The van der Waals surface area contributed by atoms with Gasteiger partial charge in [-0.2, -0.15) is 14.0 Å². The van der Waals surface area contributed by atoms with Crippen molar-refractivity contribution in [3.8, 4) is 11.8 Å². The molecule has 1 N–H and O–H groups in total. The summed E-state index contributed by atoms with van der Waals surface area (Å²) in [5, 5.41) is 10.4. The third-order valence-electron chi connectivity index (χ3n) is 2.18. The highest BCUT2D eigenvalue weighted by Gasteiger charge is 2.49. The number of methoxy groups -OCH3 is 1. The van der Waals surface area contributed by atoms with Crippen LogP contribution in [0.1, 0.15) is 5.56 Å². The van der Waals surface area contributed by atoms with Crippen molar-refractivity contribution < 1.29 is 27.1 Å². The predicted molar refractivity (Wildman–Crippen MR) is 57.3 cm³/mol. The number of hydrogen-bond acceptors (Lipinski definition) is 3. The monoisotopic (exact) mass is 276 g/mol. The van der Waals surface area contributed by atoms with Crippen molar-refractivity contribution in [1.29, 1.82) is 5.26 Å². The standard InChI is InChI=1S/C11H8F4N2O2/c1-19-7-4-2-3-6(5-16)8(7)17-10(18)11(14,15)9(12)13/h2-4,9H,1H3,(H,17,18). The number of nitriles is 1. The van der Waals surface area contributed by atoms with Crippen LogP contribution < -0.4 is 10.1 Å². The number of carbonyl (C=O) groups excluding carboxylic acids is 1. The predicted octanol–water partition coefficient (Wildman–Crippen LogP) is 2.41. The molecule has 0 atom stereocenters. The van der Waals surface area contributed by atoms with Crippen LogP contribution in [0.2, 0.25) is 0 Å². The van der Waals surface area contributed by atoms with Crippen LogP contribution in [0.15, 0.2) is 18.2 Å². The van der Waals surface area contributed by atoms with Crippen LogP contribution in [0.5, 0.6) is 5.75 Å². The Balaban J connectivity index is 3.13. The molecule has 1 amide bonds. The Morgan fingerprint density at radius 2 is 2.11 bits per heavy atom. The second kappa shape index (κ2) is 5.56. The van der Waals surface area contributed by atoms with Crippen LogP contribution in [0.25, 0.3) is 0 Å². The summed E-state index contributed by atoms with van der Waals surface area (Å²) in [6.07, 6.45) is -4.15. The molecule has 0 heterocycles. The molecule has 1 aromatic rings. The summed E-state index contributed by atoms with van der Waals surface area (Å²) in [4.78, 5) is 11.1. The van der Waals surface area contributed by atoms with Crippen molar-refractivity contribution in [2.75, 3.05) is 12.4 Å². The molecule has 102 valence electrons. The number of rotatable bonds is 4. The molecule has 0 aliphatic carbocycles. The lowest BCUT2D eigenvalue weighted by molar-refractivity contribution is -0.163. The van der Waals surface area contributed by atoms with E-state index in [0.29, 0.717) is 0 Å². The number of nitrogens with zero attached hydrogens (tertiary/aromatic N) is 1. The summed E-state index contributed by atoms with van der Waals surface area (Å²) >= 11 is 0. The number of para-hydroxylation sites is 1. The molecule has 0 aliphatic rings. The zero-order valence-electron chi connectivity index (χ0n) is 9.58. The SMILES string of the molecule is COc1cccc(C#N)c1NC(=O)C(F)(F)C(F)F. The van der Waals surface area contributed by atoms with E-state index in [4.69, 9.17) is 10.00 Å². The fraction of sp³-hybridized carbons (Fsp3) is 0.273. The molecule has 1 rings (SSSR count). The first-order chi connectivity index (χ1) is 8.84. The fourth-order valence-electron chi connectivity index (χ4n) is 1.22. The van der Waals surface area contributed by atoms with Gasteiger partial charge in [-0.05, 0) is 12.1 Å². The topological polar surface area (TPSA) is 62.1 Å². The van der Waals surface area contributed by atoms with Crippen LogP contribution in [0.3, 0.4) is 0 Å². The number of ether oxygens (including phenoxy) is 1. The van der Waals surface area contributed by atoms with Gasteiger partial charge < -0.3 is 10.1 Å². The maximum Gasteiger partial charge on any atom is 0.383 e. The molecule has 0 aromatic heterocycles. The summed E-state index contributed by atoms with van der Waals surface area (Å²) in [5.41, 5.74) is -0.560. The summed E-state index contributed by atoms with van der Waals surface area (Å²) in [6.45, 7) is 0. The van der Waals surface area contributed by atoms with Crippen LogP contribution in [0.4, 0.5) is 23.2 Å². The van der Waals surface area contributed by atoms with E-state index in [-0.39, 0.29) is 17.0 Å². The van der Waals surface area contributed by atoms with E-state index in [2.05, 4.69) is 0 Å². The number of anilines is 1. The van der Waals surface area contributed by atoms with Crippen molar-refractivity contribution in [3.05, 3.63) is 23.8 Å². The van der Waals surface area contributed by atoms with Crippen molar-refractivity contribution >= 4 is 11.6 Å². The number of nitrogens with one attached hydrogen (secondary N) is 1. The zero-order valence-corrected chi connectivity index (χ0v) is 9.58. The van der Waals surface area contributed by atoms with Gasteiger partial charge in [0.2, 0.25) is 0 Å². The number of alkyl halides is 4. The highest BCUT2D eigenvalue weighted by Crippen LogP contribution is 2.31. The molecular weight excluding hydrogens is 268 g/mol. The third-order valence-corrected chi connectivity index (χ3v) is 2.18. The number of halogens is 4. The van der Waals surface area contributed by atoms with E-state index < -0.39 is 18.3 Å². The van der Waals surface area contributed by atoms with E-state index in [0.717, 1.165) is 0 Å². The number of amides is 1. The Labute approximate surface area is 105 Å². The fourth-order valence-corrected chi connectivity index (χ4v) is 1.22. The number of carbonyl (C=O) groups is 1. The van der Waals surface area contributed by atoms with Gasteiger partial charge in [0.25, 0.3) is 0 Å². The van der Waals surface area contributed by atoms with Gasteiger partial charge >= 0.3 is 18.3 Å². The molecule has 8 heteroatoms. The van der Waals surface area contributed by atoms with E-state index in [1.165, 1.54) is 25.3 Å². The van der Waals surface area contributed by atoms with Gasteiger partial charge in [0.15, 0.2) is 0 Å². The molecule has 19 heavy (non-hydrogen) atoms. The first-order valence-corrected chi connectivity index (χ1v) is 4.89. The van der Waals surface area contributed by atoms with Gasteiger partial charge in [-0.1, -0.05) is 6.07 Å². The normalized spacial score (nSPS) is 11.0. The molecule has 0 saturated carbocycles. The minimum atomic E-state index is -4.85. The molecule has 0 aliphatic heterocycles. The van der Waals surface area contributed by atoms with E-state index in [1.807, 2.05) is 0 Å². The van der Waals surface area contributed by atoms with Gasteiger partial charge in [0.1, 0.15) is 17.5 Å². The Morgan fingerprint density at radius 1 is 1.47 bits per heavy atom. The first-order valence-electron chi connectivity index (χ1n) is 4.89. The quantitative estimate of drug-likeness (QED) is 0.859. The zero-order chi connectivity index (χ0) is 14.6. The Hall–Kier alpha value is -2.30. The summed E-state index contributed by atoms with van der Waals surface area (Å²) in [5.74, 6) is -7.14. The van der Waals surface area contributed by atoms with Crippen LogP contribution in [-0.4, -0.2) is 25.4 Å². The lowest BCUT2D eigenvalue weighted by Gasteiger charge is -2.17. The summed E-state index contributed by atoms with van der Waals surface area (Å²) in [7, 11) is 1.18. The van der Waals surface area contributed by atoms with Crippen LogP contribution in [-0.2, 0) is 4.79 Å². The van der Waals surface area contributed by atoms with Crippen LogP contribution in [0, 0.1) is 11.3 Å². The van der Waals surface area contributed by atoms with Gasteiger partial charge in [-0.25, -0.2) is 8.78 Å². The molecule has 0 spiro atoms. The van der Waals surface area contributed by atoms with E-state index in [1.54, 1.807) is 11.4 Å². The van der Waals surface area contributed by atoms with Gasteiger partial charge in [-0.3, -0.25) is 4.79 Å². The number of benzene rings is 1. The lowest BCUT2D eigenvalue weighted by Crippen LogP contribution is -2.41. The third kappa shape index (κ3) is 2.93. The minimum absolute atomic E-state index is 0.0857. The van der Waals surface area contributed by atoms with Crippen molar-refractivity contribution in [2.45, 2.75) is 12.3 Å². The molecular formula is C11H8F4N2O2. The Morgan fingerprint density at radius 3 is 2.58 bits per heavy atom. The van der Waals surface area contributed by atoms with Crippen molar-refractivity contribution in [1.82, 2.24) is 0 Å². The lowest BCUT2D eigenvalue weighted by atomic mass is 10.1. The van der Waals surface area contributed by atoms with Crippen molar-refractivity contribution in [2.24, 2.45) is 0 Å². The molecule has 1 aromatic carbocycles. The molecule has 0 radical (unpaired) electrons. The van der Waals surface area contributed by atoms with Gasteiger partial charge in [-0.15, -0.1) is 0 Å². The highest BCUT2D eigenvalue weighted by molar-refractivity contribution is 5.98. The maximum absolute atomic E-state index is 12.8. The minimum Gasteiger partial charge on any atom is -0.495 e. The Kier molecular flexibility index (Phi) is 4.32. The summed E-state index contributed by atoms with van der Waals surface area (Å²) < 4.78 is 54.4. The second-order valence-corrected chi connectivity index (χ2v) is 3.37. The van der Waals surface area contributed by atoms with Gasteiger partial charge in [0.05, 0.1) is 12.7 Å². The smallest absolute Gasteiger partial charge is 0.383 e. The summed E-state index contributed by atoms with van der Waals surface area (Å²) in [6, 6.07) is 5.53. The van der Waals surface area contributed by atoms with Crippen LogP contribution >= 0.6 is 0 Å². The molecule has 4 nitrogen and oxygen atoms in total. The Bertz CT molecular complexity index is 526. The molecule has 0 saturated heterocycles. The highest BCUT2D eigenvalue weighted by atomic mass is 19.3. The molecule has 0 fully saturated rings. The largest absolute Gasteiger partial charge is 0.495 e. The van der Waals surface area contributed by atoms with Gasteiger partial charge in [0, 0.05) is 0 Å². The average molecular weight is 276 g/mol. The molecule has 0 unspecified atom stereocenters. The first kappa shape index (κ1) is 14.8. The van der Waals surface area contributed by atoms with E-state index in [9.17, 15) is 22.4 Å². The maximum atomic E-state index is 12.8.